The molecule has 3 fully saturated rings. The highest BCUT2D eigenvalue weighted by atomic mass is 16.2. The number of nitrogens with zero attached hydrogens (tertiary/aromatic N) is 2. The third-order valence-corrected chi connectivity index (χ3v) is 5.83. The molecule has 3 aliphatic rings. The molecule has 4 heteroatoms. The zero-order valence-electron chi connectivity index (χ0n) is 11.8. The van der Waals surface area contributed by atoms with E-state index in [1.165, 1.54) is 6.42 Å². The van der Waals surface area contributed by atoms with Gasteiger partial charge in [0.2, 0.25) is 5.91 Å². The van der Waals surface area contributed by atoms with Crippen LogP contribution in [0.15, 0.2) is 0 Å². The van der Waals surface area contributed by atoms with Gasteiger partial charge in [-0.2, -0.15) is 5.26 Å². The number of fused-ring (bicyclic) bond motifs is 1. The minimum atomic E-state index is -0.420. The van der Waals surface area contributed by atoms with Gasteiger partial charge in [-0.15, -0.1) is 0 Å². The zero-order chi connectivity index (χ0) is 13.8. The summed E-state index contributed by atoms with van der Waals surface area (Å²) in [4.78, 5) is 14.6. The lowest BCUT2D eigenvalue weighted by Gasteiger charge is -2.50. The van der Waals surface area contributed by atoms with Gasteiger partial charge in [0.05, 0.1) is 12.1 Å². The smallest absolute Gasteiger partial charge is 0.241 e. The molecule has 1 heterocycles. The van der Waals surface area contributed by atoms with Crippen molar-refractivity contribution in [1.82, 2.24) is 4.90 Å². The number of amides is 1. The van der Waals surface area contributed by atoms with Crippen molar-refractivity contribution in [2.24, 2.45) is 23.0 Å². The maximum atomic E-state index is 12.7. The molecule has 3 rings (SSSR count). The monoisotopic (exact) mass is 261 g/mol. The van der Waals surface area contributed by atoms with Gasteiger partial charge in [-0.1, -0.05) is 20.3 Å². The first kappa shape index (κ1) is 12.9. The van der Waals surface area contributed by atoms with E-state index < -0.39 is 6.04 Å². The first-order valence-electron chi connectivity index (χ1n) is 7.48. The van der Waals surface area contributed by atoms with E-state index in [1.54, 1.807) is 0 Å². The second kappa shape index (κ2) is 4.21. The molecular formula is C15H23N3O. The summed E-state index contributed by atoms with van der Waals surface area (Å²) in [7, 11) is 0. The van der Waals surface area contributed by atoms with Crippen molar-refractivity contribution in [3.05, 3.63) is 0 Å². The van der Waals surface area contributed by atoms with E-state index in [0.29, 0.717) is 17.9 Å². The van der Waals surface area contributed by atoms with E-state index in [1.807, 2.05) is 4.90 Å². The Balaban J connectivity index is 1.78. The third-order valence-electron chi connectivity index (χ3n) is 5.83. The number of nitriles is 1. The molecule has 1 saturated heterocycles. The van der Waals surface area contributed by atoms with E-state index in [4.69, 9.17) is 5.73 Å². The van der Waals surface area contributed by atoms with Crippen LogP contribution in [0.4, 0.5) is 0 Å². The highest BCUT2D eigenvalue weighted by Gasteiger charge is 2.57. The molecule has 1 amide bonds. The van der Waals surface area contributed by atoms with Crippen LogP contribution in [0.2, 0.25) is 0 Å². The van der Waals surface area contributed by atoms with Crippen molar-refractivity contribution >= 4 is 5.91 Å². The van der Waals surface area contributed by atoms with Crippen LogP contribution in [-0.4, -0.2) is 28.9 Å². The van der Waals surface area contributed by atoms with E-state index in [-0.39, 0.29) is 17.4 Å². The van der Waals surface area contributed by atoms with Crippen LogP contribution in [0, 0.1) is 28.6 Å². The van der Waals surface area contributed by atoms with E-state index in [9.17, 15) is 10.1 Å². The molecule has 0 aromatic rings. The lowest BCUT2D eigenvalue weighted by Crippen LogP contribution is -2.59. The summed E-state index contributed by atoms with van der Waals surface area (Å²) in [6.45, 7) is 4.33. The average Bonchev–Trinajstić information content (AvgIpc) is 2.97. The van der Waals surface area contributed by atoms with Gasteiger partial charge in [-0.05, 0) is 42.9 Å². The summed E-state index contributed by atoms with van der Waals surface area (Å²) in [6.07, 6.45) is 5.21. The van der Waals surface area contributed by atoms with E-state index >= 15 is 0 Å². The van der Waals surface area contributed by atoms with Crippen molar-refractivity contribution in [3.8, 4) is 6.07 Å². The Bertz CT molecular complexity index is 435. The minimum absolute atomic E-state index is 0.0237. The van der Waals surface area contributed by atoms with Gasteiger partial charge in [0, 0.05) is 6.04 Å². The molecule has 19 heavy (non-hydrogen) atoms. The normalized spacial score (nSPS) is 36.4. The Morgan fingerprint density at radius 1 is 1.42 bits per heavy atom. The number of piperidine rings is 1. The molecule has 4 atom stereocenters. The predicted molar refractivity (Wildman–Crippen MR) is 71.9 cm³/mol. The minimum Gasteiger partial charge on any atom is -0.322 e. The number of hydrogen-bond donors (Lipinski definition) is 1. The van der Waals surface area contributed by atoms with Gasteiger partial charge in [0.15, 0.2) is 0 Å². The Kier molecular flexibility index (Phi) is 2.86. The van der Waals surface area contributed by atoms with Crippen LogP contribution in [0.5, 0.6) is 0 Å². The Morgan fingerprint density at radius 3 is 2.58 bits per heavy atom. The quantitative estimate of drug-likeness (QED) is 0.839. The molecule has 0 spiro atoms. The molecule has 0 radical (unpaired) electrons. The standard InChI is InChI=1S/C15H23N3O/c1-9(2)15(4-3-5-15)13(17)14(19)18-11(8-16)6-10-7-12(10)18/h9-13H,3-7,17H2,1-2H3/t10?,11-,12-,13?/m0/s1. The number of hydrogen-bond acceptors (Lipinski definition) is 3. The summed E-state index contributed by atoms with van der Waals surface area (Å²) in [5, 5.41) is 9.20. The number of carbonyl (C=O) groups excluding carboxylic acids is 1. The largest absolute Gasteiger partial charge is 0.322 e. The van der Waals surface area contributed by atoms with Crippen LogP contribution in [0.1, 0.15) is 46.0 Å². The Hall–Kier alpha value is -1.08. The highest BCUT2D eigenvalue weighted by Crippen LogP contribution is 2.52. The van der Waals surface area contributed by atoms with Gasteiger partial charge in [0.1, 0.15) is 6.04 Å². The number of carbonyl (C=O) groups is 1. The number of likely N-dealkylation sites (tertiary alicyclic amines) is 1. The fraction of sp³-hybridized carbons (Fsp3) is 0.867. The van der Waals surface area contributed by atoms with E-state index in [2.05, 4.69) is 19.9 Å². The second-order valence-corrected chi connectivity index (χ2v) is 6.91. The van der Waals surface area contributed by atoms with Gasteiger partial charge in [0.25, 0.3) is 0 Å². The molecule has 0 aromatic carbocycles. The van der Waals surface area contributed by atoms with Crippen LogP contribution >= 0.6 is 0 Å². The van der Waals surface area contributed by atoms with Crippen LogP contribution in [0.25, 0.3) is 0 Å². The summed E-state index contributed by atoms with van der Waals surface area (Å²) < 4.78 is 0. The lowest BCUT2D eigenvalue weighted by molar-refractivity contribution is -0.140. The van der Waals surface area contributed by atoms with Gasteiger partial charge >= 0.3 is 0 Å². The first-order chi connectivity index (χ1) is 9.01. The first-order valence-corrected chi connectivity index (χ1v) is 7.48. The van der Waals surface area contributed by atoms with Crippen molar-refractivity contribution in [3.63, 3.8) is 0 Å². The molecule has 2 aliphatic carbocycles. The molecular weight excluding hydrogens is 238 g/mol. The Morgan fingerprint density at radius 2 is 2.11 bits per heavy atom. The molecule has 0 aromatic heterocycles. The molecule has 2 unspecified atom stereocenters. The topological polar surface area (TPSA) is 70.1 Å². The van der Waals surface area contributed by atoms with Gasteiger partial charge in [-0.3, -0.25) is 4.79 Å². The third kappa shape index (κ3) is 1.71. The average molecular weight is 261 g/mol. The van der Waals surface area contributed by atoms with Crippen molar-refractivity contribution in [2.75, 3.05) is 0 Å². The Labute approximate surface area is 114 Å². The lowest BCUT2D eigenvalue weighted by atomic mass is 9.58. The summed E-state index contributed by atoms with van der Waals surface area (Å²) in [5.74, 6) is 1.03. The van der Waals surface area contributed by atoms with Crippen molar-refractivity contribution in [1.29, 1.82) is 5.26 Å². The predicted octanol–water partition coefficient (Wildman–Crippen LogP) is 1.65. The SMILES string of the molecule is CC(C)C1(C(N)C(=O)N2[C@H](C#N)CC3C[C@@H]32)CCC1. The highest BCUT2D eigenvalue weighted by molar-refractivity contribution is 5.84. The molecule has 0 bridgehead atoms. The van der Waals surface area contributed by atoms with Crippen LogP contribution < -0.4 is 5.73 Å². The van der Waals surface area contributed by atoms with E-state index in [0.717, 1.165) is 25.7 Å². The molecule has 1 aliphatic heterocycles. The summed E-state index contributed by atoms with van der Waals surface area (Å²) >= 11 is 0. The second-order valence-electron chi connectivity index (χ2n) is 6.91. The zero-order valence-corrected chi connectivity index (χ0v) is 11.8. The number of rotatable bonds is 3. The van der Waals surface area contributed by atoms with Crippen molar-refractivity contribution < 1.29 is 4.79 Å². The van der Waals surface area contributed by atoms with Crippen LogP contribution in [0.3, 0.4) is 0 Å². The molecule has 2 N–H and O–H groups in total. The molecule has 104 valence electrons. The maximum Gasteiger partial charge on any atom is 0.241 e. The number of nitrogens with two attached hydrogens (primary N) is 1. The summed E-state index contributed by atoms with van der Waals surface area (Å²) in [5.41, 5.74) is 6.31. The van der Waals surface area contributed by atoms with Gasteiger partial charge in [-0.25, -0.2) is 0 Å². The summed E-state index contributed by atoms with van der Waals surface area (Å²) in [6, 6.07) is 1.94. The van der Waals surface area contributed by atoms with Crippen molar-refractivity contribution in [2.45, 2.75) is 64.1 Å². The van der Waals surface area contributed by atoms with Crippen LogP contribution in [-0.2, 0) is 4.79 Å². The van der Waals surface area contributed by atoms with Gasteiger partial charge < -0.3 is 10.6 Å². The fourth-order valence-corrected chi connectivity index (χ4v) is 4.13. The molecule has 2 saturated carbocycles. The molecule has 4 nitrogen and oxygen atoms in total. The maximum absolute atomic E-state index is 12.7. The fourth-order valence-electron chi connectivity index (χ4n) is 4.13.